The Morgan fingerprint density at radius 3 is 2.58 bits per heavy atom. The van der Waals surface area contributed by atoms with Gasteiger partial charge in [0.25, 0.3) is 0 Å². The van der Waals surface area contributed by atoms with Gasteiger partial charge in [-0.05, 0) is 55.3 Å². The predicted octanol–water partition coefficient (Wildman–Crippen LogP) is 2.99. The molecule has 0 radical (unpaired) electrons. The van der Waals surface area contributed by atoms with Crippen LogP contribution in [0.2, 0.25) is 0 Å². The lowest BCUT2D eigenvalue weighted by molar-refractivity contribution is -0.120. The molecule has 0 spiro atoms. The summed E-state index contributed by atoms with van der Waals surface area (Å²) in [6.45, 7) is 3.85. The zero-order chi connectivity index (χ0) is 18.7. The van der Waals surface area contributed by atoms with Gasteiger partial charge in [-0.3, -0.25) is 9.59 Å². The number of aryl methyl sites for hydroxylation is 2. The van der Waals surface area contributed by atoms with Gasteiger partial charge < -0.3 is 14.6 Å². The van der Waals surface area contributed by atoms with Gasteiger partial charge in [0.15, 0.2) is 11.4 Å². The molecule has 0 aliphatic rings. The monoisotopic (exact) mass is 352 g/mol. The number of nitrogens with zero attached hydrogens (tertiary/aromatic N) is 1. The topological polar surface area (TPSA) is 81.4 Å². The van der Waals surface area contributed by atoms with E-state index in [2.05, 4.69) is 10.5 Å². The molecular weight excluding hydrogens is 332 g/mol. The summed E-state index contributed by atoms with van der Waals surface area (Å²) in [6, 6.07) is 10.7. The molecule has 0 atom stereocenters. The highest BCUT2D eigenvalue weighted by Gasteiger charge is 2.15. The van der Waals surface area contributed by atoms with Gasteiger partial charge >= 0.3 is 0 Å². The second-order valence-electron chi connectivity index (χ2n) is 6.19. The van der Waals surface area contributed by atoms with Crippen LogP contribution in [-0.2, 0) is 11.2 Å². The van der Waals surface area contributed by atoms with Crippen LogP contribution in [0.15, 0.2) is 40.9 Å². The first-order valence-corrected chi connectivity index (χ1v) is 8.27. The van der Waals surface area contributed by atoms with Crippen LogP contribution in [0, 0.1) is 13.8 Å². The minimum absolute atomic E-state index is 0.0613. The second kappa shape index (κ2) is 7.39. The summed E-state index contributed by atoms with van der Waals surface area (Å²) in [5, 5.41) is 7.48. The van der Waals surface area contributed by atoms with Crippen LogP contribution in [0.25, 0.3) is 11.0 Å². The Balaban J connectivity index is 1.63. The maximum atomic E-state index is 12.2. The van der Waals surface area contributed by atoms with Crippen molar-refractivity contribution in [3.8, 4) is 5.75 Å². The van der Waals surface area contributed by atoms with Crippen LogP contribution < -0.4 is 10.1 Å². The molecule has 0 saturated carbocycles. The van der Waals surface area contributed by atoms with E-state index in [1.165, 1.54) is 0 Å². The summed E-state index contributed by atoms with van der Waals surface area (Å²) in [7, 11) is 1.56. The van der Waals surface area contributed by atoms with Crippen molar-refractivity contribution >= 4 is 22.7 Å². The molecule has 6 heteroatoms. The molecule has 0 aliphatic carbocycles. The lowest BCUT2D eigenvalue weighted by Gasteiger charge is -2.05. The average molecular weight is 352 g/mol. The van der Waals surface area contributed by atoms with Gasteiger partial charge in [-0.15, -0.1) is 0 Å². The Kier molecular flexibility index (Phi) is 5.02. The molecule has 0 aliphatic heterocycles. The molecule has 3 aromatic rings. The van der Waals surface area contributed by atoms with Gasteiger partial charge in [-0.25, -0.2) is 0 Å². The Morgan fingerprint density at radius 2 is 1.88 bits per heavy atom. The van der Waals surface area contributed by atoms with E-state index in [1.807, 2.05) is 26.0 Å². The molecule has 0 saturated heterocycles. The van der Waals surface area contributed by atoms with E-state index < -0.39 is 0 Å². The number of amides is 1. The number of hydrogen-bond donors (Lipinski definition) is 1. The van der Waals surface area contributed by atoms with Crippen molar-refractivity contribution in [2.45, 2.75) is 20.3 Å². The average Bonchev–Trinajstić information content (AvgIpc) is 3.02. The third kappa shape index (κ3) is 3.74. The van der Waals surface area contributed by atoms with Crippen molar-refractivity contribution in [1.82, 2.24) is 10.5 Å². The highest BCUT2D eigenvalue weighted by atomic mass is 16.5. The highest BCUT2D eigenvalue weighted by Crippen LogP contribution is 2.24. The number of rotatable bonds is 6. The van der Waals surface area contributed by atoms with E-state index in [9.17, 15) is 9.59 Å². The molecule has 1 N–H and O–H groups in total. The Morgan fingerprint density at radius 1 is 1.15 bits per heavy atom. The first-order chi connectivity index (χ1) is 12.5. The van der Waals surface area contributed by atoms with Gasteiger partial charge in [0.1, 0.15) is 11.4 Å². The van der Waals surface area contributed by atoms with Gasteiger partial charge in [0.05, 0.1) is 20.1 Å². The van der Waals surface area contributed by atoms with E-state index in [0.29, 0.717) is 22.6 Å². The van der Waals surface area contributed by atoms with E-state index in [1.54, 1.807) is 31.4 Å². The third-order valence-corrected chi connectivity index (χ3v) is 4.16. The number of carbonyl (C=O) groups is 2. The fourth-order valence-corrected chi connectivity index (χ4v) is 2.84. The van der Waals surface area contributed by atoms with Crippen molar-refractivity contribution in [2.24, 2.45) is 0 Å². The summed E-state index contributed by atoms with van der Waals surface area (Å²) >= 11 is 0. The minimum Gasteiger partial charge on any atom is -0.497 e. The smallest absolute Gasteiger partial charge is 0.226 e. The number of fused-ring (bicyclic) bond motifs is 1. The summed E-state index contributed by atoms with van der Waals surface area (Å²) in [6.07, 6.45) is 0.0613. The van der Waals surface area contributed by atoms with E-state index in [0.717, 1.165) is 16.5 Å². The van der Waals surface area contributed by atoms with Crippen LogP contribution >= 0.6 is 0 Å². The van der Waals surface area contributed by atoms with Crippen LogP contribution in [0.3, 0.4) is 0 Å². The second-order valence-corrected chi connectivity index (χ2v) is 6.19. The molecule has 1 amide bonds. The molecular formula is C20H20N2O4. The summed E-state index contributed by atoms with van der Waals surface area (Å²) in [4.78, 5) is 24.4. The first kappa shape index (κ1) is 17.7. The van der Waals surface area contributed by atoms with Crippen LogP contribution in [0.4, 0.5) is 0 Å². The molecule has 6 nitrogen and oxygen atoms in total. The minimum atomic E-state index is -0.277. The van der Waals surface area contributed by atoms with Gasteiger partial charge in [-0.2, -0.15) is 0 Å². The quantitative estimate of drug-likeness (QED) is 0.690. The predicted molar refractivity (Wildman–Crippen MR) is 97.5 cm³/mol. The normalized spacial score (nSPS) is 10.7. The summed E-state index contributed by atoms with van der Waals surface area (Å²) in [5.41, 5.74) is 3.83. The van der Waals surface area contributed by atoms with Crippen molar-refractivity contribution in [3.05, 3.63) is 58.8 Å². The third-order valence-electron chi connectivity index (χ3n) is 4.16. The molecule has 134 valence electrons. The van der Waals surface area contributed by atoms with Crippen molar-refractivity contribution in [1.29, 1.82) is 0 Å². The Bertz CT molecular complexity index is 958. The molecule has 0 fully saturated rings. The number of hydrogen-bond acceptors (Lipinski definition) is 5. The number of ether oxygens (including phenoxy) is 1. The van der Waals surface area contributed by atoms with Gasteiger partial charge in [-0.1, -0.05) is 11.2 Å². The van der Waals surface area contributed by atoms with Crippen LogP contribution in [0.5, 0.6) is 5.75 Å². The Labute approximate surface area is 151 Å². The molecule has 1 aromatic heterocycles. The Hall–Kier alpha value is -3.15. The standard InChI is InChI=1S/C20H20N2O4/c1-12-8-13(2)20-16(9-12)17(22-26-20)10-19(24)21-11-18(23)14-4-6-15(25-3)7-5-14/h4-9H,10-11H2,1-3H3,(H,21,24). The van der Waals surface area contributed by atoms with Crippen LogP contribution in [0.1, 0.15) is 27.2 Å². The van der Waals surface area contributed by atoms with Crippen molar-refractivity contribution < 1.29 is 18.8 Å². The zero-order valence-corrected chi connectivity index (χ0v) is 15.0. The number of methoxy groups -OCH3 is 1. The summed E-state index contributed by atoms with van der Waals surface area (Å²) < 4.78 is 10.4. The lowest BCUT2D eigenvalue weighted by atomic mass is 10.1. The van der Waals surface area contributed by atoms with E-state index in [4.69, 9.17) is 9.26 Å². The number of benzene rings is 2. The van der Waals surface area contributed by atoms with Crippen molar-refractivity contribution in [3.63, 3.8) is 0 Å². The van der Waals surface area contributed by atoms with Crippen LogP contribution in [-0.4, -0.2) is 30.5 Å². The number of carbonyl (C=O) groups excluding carboxylic acids is 2. The number of nitrogens with one attached hydrogen (secondary N) is 1. The maximum Gasteiger partial charge on any atom is 0.226 e. The molecule has 1 heterocycles. The number of ketones is 1. The summed E-state index contributed by atoms with van der Waals surface area (Å²) in [5.74, 6) is 0.230. The van der Waals surface area contributed by atoms with E-state index >= 15 is 0 Å². The zero-order valence-electron chi connectivity index (χ0n) is 15.0. The fraction of sp³-hybridized carbons (Fsp3) is 0.250. The first-order valence-electron chi connectivity index (χ1n) is 8.27. The highest BCUT2D eigenvalue weighted by molar-refractivity contribution is 5.99. The van der Waals surface area contributed by atoms with E-state index in [-0.39, 0.29) is 24.7 Å². The molecule has 0 bridgehead atoms. The van der Waals surface area contributed by atoms with Gasteiger partial charge in [0.2, 0.25) is 5.91 Å². The molecule has 3 rings (SSSR count). The van der Waals surface area contributed by atoms with Crippen molar-refractivity contribution in [2.75, 3.05) is 13.7 Å². The number of Topliss-reactive ketones (excluding diaryl/α,β-unsaturated/α-hetero) is 1. The molecule has 0 unspecified atom stereocenters. The fourth-order valence-electron chi connectivity index (χ4n) is 2.84. The SMILES string of the molecule is COc1ccc(C(=O)CNC(=O)Cc2noc3c(C)cc(C)cc23)cc1. The van der Waals surface area contributed by atoms with Gasteiger partial charge in [0, 0.05) is 10.9 Å². The maximum absolute atomic E-state index is 12.2. The molecule has 2 aromatic carbocycles. The number of aromatic nitrogens is 1. The molecule has 26 heavy (non-hydrogen) atoms. The lowest BCUT2D eigenvalue weighted by Crippen LogP contribution is -2.30. The largest absolute Gasteiger partial charge is 0.497 e.